The van der Waals surface area contributed by atoms with Gasteiger partial charge in [-0.3, -0.25) is 0 Å². The van der Waals surface area contributed by atoms with Gasteiger partial charge in [-0.05, 0) is 29.9 Å². The first-order valence-electron chi connectivity index (χ1n) is 8.27. The Morgan fingerprint density at radius 1 is 1.05 bits per heavy atom. The molecule has 114 valence electrons. The zero-order valence-corrected chi connectivity index (χ0v) is 13.5. The van der Waals surface area contributed by atoms with Crippen LogP contribution in [0.15, 0.2) is 24.3 Å². The minimum absolute atomic E-state index is 0.791. The lowest BCUT2D eigenvalue weighted by atomic mass is 9.84. The summed E-state index contributed by atoms with van der Waals surface area (Å²) < 4.78 is 5.38. The van der Waals surface area contributed by atoms with Crippen LogP contribution < -0.4 is 0 Å². The maximum Gasteiger partial charge on any atom is 0.0825 e. The van der Waals surface area contributed by atoms with Crippen LogP contribution in [-0.2, 0) is 11.2 Å². The van der Waals surface area contributed by atoms with Crippen molar-refractivity contribution in [2.75, 3.05) is 26.3 Å². The fourth-order valence-corrected chi connectivity index (χ4v) is 3.79. The van der Waals surface area contributed by atoms with Crippen molar-refractivity contribution in [1.29, 1.82) is 0 Å². The first kappa shape index (κ1) is 15.0. The number of hydrogen-bond donors (Lipinski definition) is 0. The third kappa shape index (κ3) is 4.04. The molecule has 2 aliphatic rings. The topological polar surface area (TPSA) is 12.5 Å². The highest BCUT2D eigenvalue weighted by Crippen LogP contribution is 2.32. The lowest BCUT2D eigenvalue weighted by Gasteiger charge is -2.29. The Balaban J connectivity index is 1.57. The van der Waals surface area contributed by atoms with Crippen LogP contribution in [0.5, 0.6) is 0 Å². The van der Waals surface area contributed by atoms with E-state index in [4.69, 9.17) is 17.0 Å². The van der Waals surface area contributed by atoms with Crippen LogP contribution >= 0.6 is 12.2 Å². The molecular weight excluding hydrogens is 278 g/mol. The second kappa shape index (κ2) is 7.37. The van der Waals surface area contributed by atoms with Gasteiger partial charge in [-0.25, -0.2) is 0 Å². The summed E-state index contributed by atoms with van der Waals surface area (Å²) in [7, 11) is 0. The van der Waals surface area contributed by atoms with Gasteiger partial charge in [0.05, 0.1) is 18.2 Å². The molecule has 3 rings (SSSR count). The molecule has 3 heteroatoms. The lowest BCUT2D eigenvalue weighted by molar-refractivity contribution is 0.0684. The van der Waals surface area contributed by atoms with E-state index in [2.05, 4.69) is 29.2 Å². The predicted octanol–water partition coefficient (Wildman–Crippen LogP) is 3.94. The van der Waals surface area contributed by atoms with E-state index in [1.54, 1.807) is 0 Å². The summed E-state index contributed by atoms with van der Waals surface area (Å²) in [6.45, 7) is 3.50. The Morgan fingerprint density at radius 2 is 1.71 bits per heavy atom. The number of nitrogens with zero attached hydrogens (tertiary/aromatic N) is 1. The third-order valence-corrected chi connectivity index (χ3v) is 5.18. The van der Waals surface area contributed by atoms with E-state index in [0.29, 0.717) is 0 Å². The molecule has 1 aliphatic heterocycles. The van der Waals surface area contributed by atoms with Gasteiger partial charge in [-0.1, -0.05) is 55.7 Å². The molecule has 0 atom stereocenters. The summed E-state index contributed by atoms with van der Waals surface area (Å²) in [6.07, 6.45) is 7.83. The van der Waals surface area contributed by atoms with Crippen LogP contribution in [-0.4, -0.2) is 36.2 Å². The minimum atomic E-state index is 0.791. The van der Waals surface area contributed by atoms with Crippen molar-refractivity contribution >= 4 is 17.2 Å². The molecule has 2 fully saturated rings. The molecule has 0 aromatic heterocycles. The Morgan fingerprint density at radius 3 is 2.38 bits per heavy atom. The number of benzene rings is 1. The minimum Gasteiger partial charge on any atom is -0.378 e. The molecule has 1 aromatic rings. The molecule has 0 N–H and O–H groups in total. The predicted molar refractivity (Wildman–Crippen MR) is 91.0 cm³/mol. The van der Waals surface area contributed by atoms with E-state index in [9.17, 15) is 0 Å². The van der Waals surface area contributed by atoms with E-state index in [1.165, 1.54) is 43.2 Å². The van der Waals surface area contributed by atoms with Crippen molar-refractivity contribution in [2.45, 2.75) is 44.4 Å². The van der Waals surface area contributed by atoms with Crippen molar-refractivity contribution in [3.05, 3.63) is 35.4 Å². The van der Waals surface area contributed by atoms with Crippen LogP contribution in [0.2, 0.25) is 0 Å². The van der Waals surface area contributed by atoms with E-state index in [0.717, 1.165) is 43.6 Å². The van der Waals surface area contributed by atoms with Gasteiger partial charge >= 0.3 is 0 Å². The van der Waals surface area contributed by atoms with E-state index >= 15 is 0 Å². The fourth-order valence-electron chi connectivity index (χ4n) is 3.44. The molecule has 1 aliphatic carbocycles. The van der Waals surface area contributed by atoms with Crippen molar-refractivity contribution in [2.24, 2.45) is 0 Å². The van der Waals surface area contributed by atoms with Crippen LogP contribution in [0.25, 0.3) is 0 Å². The Labute approximate surface area is 133 Å². The van der Waals surface area contributed by atoms with E-state index in [-0.39, 0.29) is 0 Å². The smallest absolute Gasteiger partial charge is 0.0825 e. The Hall–Kier alpha value is -0.930. The van der Waals surface area contributed by atoms with Crippen molar-refractivity contribution in [1.82, 2.24) is 4.90 Å². The summed E-state index contributed by atoms with van der Waals surface area (Å²) in [5.41, 5.74) is 2.86. The summed E-state index contributed by atoms with van der Waals surface area (Å²) >= 11 is 5.58. The molecule has 1 saturated heterocycles. The monoisotopic (exact) mass is 303 g/mol. The van der Waals surface area contributed by atoms with Crippen LogP contribution in [0.1, 0.15) is 49.1 Å². The van der Waals surface area contributed by atoms with Gasteiger partial charge in [0.25, 0.3) is 0 Å². The average Bonchev–Trinajstić information content (AvgIpc) is 2.57. The second-order valence-electron chi connectivity index (χ2n) is 6.25. The summed E-state index contributed by atoms with van der Waals surface area (Å²) in [4.78, 5) is 3.34. The van der Waals surface area contributed by atoms with Gasteiger partial charge < -0.3 is 9.64 Å². The normalized spacial score (nSPS) is 20.5. The van der Waals surface area contributed by atoms with Crippen molar-refractivity contribution in [3.63, 3.8) is 0 Å². The van der Waals surface area contributed by atoms with Crippen molar-refractivity contribution in [3.8, 4) is 0 Å². The number of ether oxygens (including phenoxy) is 1. The highest BCUT2D eigenvalue weighted by molar-refractivity contribution is 7.80. The molecule has 21 heavy (non-hydrogen) atoms. The zero-order chi connectivity index (χ0) is 14.5. The van der Waals surface area contributed by atoms with Crippen molar-refractivity contribution < 1.29 is 4.74 Å². The standard InChI is InChI=1S/C18H25NOS/c21-18(19-10-12-20-13-11-19)14-15-6-8-17(9-7-15)16-4-2-1-3-5-16/h6-9,16H,1-5,10-14H2. The van der Waals surface area contributed by atoms with Gasteiger partial charge in [-0.15, -0.1) is 0 Å². The molecule has 0 unspecified atom stereocenters. The molecule has 0 bridgehead atoms. The number of rotatable bonds is 3. The highest BCUT2D eigenvalue weighted by atomic mass is 32.1. The second-order valence-corrected chi connectivity index (χ2v) is 6.72. The fraction of sp³-hybridized carbons (Fsp3) is 0.611. The van der Waals surface area contributed by atoms with E-state index < -0.39 is 0 Å². The number of morpholine rings is 1. The van der Waals surface area contributed by atoms with Crippen LogP contribution in [0.4, 0.5) is 0 Å². The average molecular weight is 303 g/mol. The van der Waals surface area contributed by atoms with Gasteiger partial charge in [0.1, 0.15) is 0 Å². The number of hydrogen-bond acceptors (Lipinski definition) is 2. The van der Waals surface area contributed by atoms with Gasteiger partial charge in [0.15, 0.2) is 0 Å². The third-order valence-electron chi connectivity index (χ3n) is 4.78. The largest absolute Gasteiger partial charge is 0.378 e. The van der Waals surface area contributed by atoms with Crippen LogP contribution in [0, 0.1) is 0 Å². The molecule has 0 spiro atoms. The first-order valence-corrected chi connectivity index (χ1v) is 8.68. The molecule has 0 radical (unpaired) electrons. The van der Waals surface area contributed by atoms with E-state index in [1.807, 2.05) is 0 Å². The Bertz CT molecular complexity index is 459. The maximum absolute atomic E-state index is 5.58. The first-order chi connectivity index (χ1) is 10.3. The molecule has 1 aromatic carbocycles. The molecule has 1 saturated carbocycles. The molecule has 1 heterocycles. The van der Waals surface area contributed by atoms with Gasteiger partial charge in [-0.2, -0.15) is 0 Å². The number of thiocarbonyl (C=S) groups is 1. The summed E-state index contributed by atoms with van der Waals surface area (Å²) in [6, 6.07) is 9.20. The lowest BCUT2D eigenvalue weighted by Crippen LogP contribution is -2.40. The quantitative estimate of drug-likeness (QED) is 0.785. The zero-order valence-electron chi connectivity index (χ0n) is 12.7. The SMILES string of the molecule is S=C(Cc1ccc(C2CCCCC2)cc1)N1CCOCC1. The molecular formula is C18H25NOS. The summed E-state index contributed by atoms with van der Waals surface area (Å²) in [5.74, 6) is 0.791. The maximum atomic E-state index is 5.58. The Kier molecular flexibility index (Phi) is 5.26. The van der Waals surface area contributed by atoms with Gasteiger partial charge in [0.2, 0.25) is 0 Å². The summed E-state index contributed by atoms with van der Waals surface area (Å²) in [5, 5.41) is 0. The van der Waals surface area contributed by atoms with Crippen LogP contribution in [0.3, 0.4) is 0 Å². The molecule has 2 nitrogen and oxygen atoms in total. The highest BCUT2D eigenvalue weighted by Gasteiger charge is 2.16. The molecule has 0 amide bonds. The van der Waals surface area contributed by atoms with Gasteiger partial charge in [0, 0.05) is 19.5 Å².